The summed E-state index contributed by atoms with van der Waals surface area (Å²) in [6.07, 6.45) is 12.3. The number of nitrogens with two attached hydrogens (primary N) is 1. The molecule has 0 aromatic heterocycles. The maximum absolute atomic E-state index is 11.2. The molecule has 0 saturated carbocycles. The summed E-state index contributed by atoms with van der Waals surface area (Å²) in [5.74, 6) is -2.85. The zero-order valence-corrected chi connectivity index (χ0v) is 24.5. The van der Waals surface area contributed by atoms with Gasteiger partial charge in [-0.15, -0.1) is 0 Å². The molecule has 11 heteroatoms. The Labute approximate surface area is 231 Å². The Morgan fingerprint density at radius 1 is 0.774 bits per heavy atom. The van der Waals surface area contributed by atoms with Gasteiger partial charge in [0.2, 0.25) is 5.91 Å². The Morgan fingerprint density at radius 3 is 1.35 bits per heavy atom. The van der Waals surface area contributed by atoms with Crippen LogP contribution in [0.1, 0.15) is 91.9 Å². The molecule has 0 rings (SSSR count). The van der Waals surface area contributed by atoms with Crippen molar-refractivity contribution in [3.8, 4) is 0 Å². The van der Waals surface area contributed by atoms with Gasteiger partial charge in [-0.1, -0.05) is 58.3 Å². The maximum Gasteiger partial charge on any atom is 1.00 e. The molecular formula is C20H40N2Na2O7. The fraction of sp³-hybridized carbons (Fsp3) is 0.800. The van der Waals surface area contributed by atoms with Gasteiger partial charge in [-0.2, -0.15) is 0 Å². The monoisotopic (exact) mass is 466 g/mol. The summed E-state index contributed by atoms with van der Waals surface area (Å²) < 4.78 is 0. The molecule has 1 amide bonds. The second-order valence-electron chi connectivity index (χ2n) is 6.22. The van der Waals surface area contributed by atoms with Crippen LogP contribution in [0.3, 0.4) is 0 Å². The number of carboxylic acids is 3. The van der Waals surface area contributed by atoms with Gasteiger partial charge >= 0.3 is 59.1 Å². The molecule has 0 unspecified atom stereocenters. The Bertz CT molecular complexity index is 372. The smallest absolute Gasteiger partial charge is 0.550 e. The third kappa shape index (κ3) is 105. The summed E-state index contributed by atoms with van der Waals surface area (Å²) in [6, 6.07) is 0. The Balaban J connectivity index is -0.0000000923. The van der Waals surface area contributed by atoms with E-state index in [-0.39, 0.29) is 65.0 Å². The Hall–Kier alpha value is -0.160. The number of unbranched alkanes of at least 4 members (excludes halogenated alkanes) is 8. The van der Waals surface area contributed by atoms with Crippen molar-refractivity contribution in [1.29, 1.82) is 0 Å². The molecule has 9 nitrogen and oxygen atoms in total. The molecule has 0 spiro atoms. The number of rotatable bonds is 12. The standard InChI is InChI=1S/C14H30N2O.3C2H4O2.2Na/c1-2-3-4-5-6-7-8-9-10-11-14(17)16-13-12-15;3*1-2(3)4;;/h2-13,15H2,1H3,(H,16,17);3*1H3,(H,3,4);;/q;;;;2*+1/p-2. The summed E-state index contributed by atoms with van der Waals surface area (Å²) in [5.41, 5.74) is 5.31. The third-order valence-corrected chi connectivity index (χ3v) is 2.97. The molecule has 0 aliphatic carbocycles. The van der Waals surface area contributed by atoms with E-state index in [1.165, 1.54) is 51.4 Å². The van der Waals surface area contributed by atoms with Crippen molar-refractivity contribution in [1.82, 2.24) is 5.32 Å². The quantitative estimate of drug-likeness (QED) is 0.189. The van der Waals surface area contributed by atoms with E-state index in [9.17, 15) is 4.79 Å². The van der Waals surface area contributed by atoms with Crippen LogP contribution in [0.25, 0.3) is 0 Å². The summed E-state index contributed by atoms with van der Waals surface area (Å²) in [5, 5.41) is 28.0. The SMILES string of the molecule is CC(=O)O.CC(=O)[O-].CC(=O)[O-].CCCCCCCCCCCC(=O)NCCN.[Na+].[Na+]. The summed E-state index contributed by atoms with van der Waals surface area (Å²) in [6.45, 7) is 6.41. The molecule has 0 radical (unpaired) electrons. The van der Waals surface area contributed by atoms with Gasteiger partial charge in [0, 0.05) is 38.4 Å². The van der Waals surface area contributed by atoms with Crippen molar-refractivity contribution < 1.29 is 93.6 Å². The molecule has 0 fully saturated rings. The fourth-order valence-corrected chi connectivity index (χ4v) is 1.90. The van der Waals surface area contributed by atoms with E-state index in [2.05, 4.69) is 12.2 Å². The zero-order chi connectivity index (χ0) is 23.5. The van der Waals surface area contributed by atoms with Crippen molar-refractivity contribution in [3.63, 3.8) is 0 Å². The second kappa shape index (κ2) is 40.2. The predicted octanol–water partition coefficient (Wildman–Crippen LogP) is -5.41. The largest absolute Gasteiger partial charge is 1.00 e. The van der Waals surface area contributed by atoms with Crippen LogP contribution in [0.15, 0.2) is 0 Å². The topological polar surface area (TPSA) is 173 Å². The molecule has 4 N–H and O–H groups in total. The van der Waals surface area contributed by atoms with E-state index in [1.54, 1.807) is 0 Å². The van der Waals surface area contributed by atoms with Gasteiger partial charge in [0.15, 0.2) is 0 Å². The average molecular weight is 467 g/mol. The van der Waals surface area contributed by atoms with Gasteiger partial charge < -0.3 is 36.0 Å². The number of amides is 1. The van der Waals surface area contributed by atoms with Crippen molar-refractivity contribution in [2.45, 2.75) is 91.9 Å². The molecule has 0 saturated heterocycles. The first-order chi connectivity index (χ1) is 13.5. The first-order valence-electron chi connectivity index (χ1n) is 10.0. The first-order valence-corrected chi connectivity index (χ1v) is 10.0. The second-order valence-corrected chi connectivity index (χ2v) is 6.22. The third-order valence-electron chi connectivity index (χ3n) is 2.97. The van der Waals surface area contributed by atoms with Gasteiger partial charge in [0.1, 0.15) is 0 Å². The van der Waals surface area contributed by atoms with Crippen molar-refractivity contribution in [2.24, 2.45) is 5.73 Å². The molecule has 0 bridgehead atoms. The van der Waals surface area contributed by atoms with Crippen LogP contribution in [0.5, 0.6) is 0 Å². The van der Waals surface area contributed by atoms with Gasteiger partial charge in [0.25, 0.3) is 5.97 Å². The Morgan fingerprint density at radius 2 is 1.06 bits per heavy atom. The van der Waals surface area contributed by atoms with Crippen molar-refractivity contribution in [2.75, 3.05) is 13.1 Å². The number of hydrogen-bond acceptors (Lipinski definition) is 7. The number of nitrogens with one attached hydrogen (secondary N) is 1. The van der Waals surface area contributed by atoms with Crippen LogP contribution in [0, 0.1) is 0 Å². The van der Waals surface area contributed by atoms with E-state index in [1.807, 2.05) is 0 Å². The molecule has 31 heavy (non-hydrogen) atoms. The molecular weight excluding hydrogens is 426 g/mol. The summed E-state index contributed by atoms with van der Waals surface area (Å²) in [7, 11) is 0. The van der Waals surface area contributed by atoms with Crippen LogP contribution in [0.4, 0.5) is 0 Å². The number of carbonyl (C=O) groups is 4. The fourth-order valence-electron chi connectivity index (χ4n) is 1.90. The number of hydrogen-bond donors (Lipinski definition) is 3. The van der Waals surface area contributed by atoms with E-state index >= 15 is 0 Å². The maximum atomic E-state index is 11.2. The van der Waals surface area contributed by atoms with Crippen LogP contribution >= 0.6 is 0 Å². The molecule has 174 valence electrons. The first kappa shape index (κ1) is 44.5. The summed E-state index contributed by atoms with van der Waals surface area (Å²) >= 11 is 0. The number of carbonyl (C=O) groups excluding carboxylic acids is 3. The van der Waals surface area contributed by atoms with Crippen LogP contribution in [-0.4, -0.2) is 42.0 Å². The average Bonchev–Trinajstić information content (AvgIpc) is 2.57. The van der Waals surface area contributed by atoms with Gasteiger partial charge in [0.05, 0.1) is 0 Å². The van der Waals surface area contributed by atoms with E-state index in [0.29, 0.717) is 19.5 Å². The minimum atomic E-state index is -1.08. The van der Waals surface area contributed by atoms with E-state index in [0.717, 1.165) is 27.2 Å². The molecule has 0 aromatic rings. The van der Waals surface area contributed by atoms with Gasteiger partial charge in [-0.25, -0.2) is 0 Å². The van der Waals surface area contributed by atoms with E-state index in [4.69, 9.17) is 35.4 Å². The van der Waals surface area contributed by atoms with Crippen molar-refractivity contribution >= 4 is 23.8 Å². The molecule has 0 atom stereocenters. The minimum absolute atomic E-state index is 0. The number of aliphatic carboxylic acids is 3. The van der Waals surface area contributed by atoms with Crippen LogP contribution in [-0.2, 0) is 19.2 Å². The molecule has 0 aliphatic rings. The molecule has 0 aliphatic heterocycles. The summed E-state index contributed by atoms with van der Waals surface area (Å²) in [4.78, 5) is 38.0. The van der Waals surface area contributed by atoms with Gasteiger partial charge in [-0.05, 0) is 20.3 Å². The molecule has 0 aromatic carbocycles. The van der Waals surface area contributed by atoms with Gasteiger partial charge in [-0.3, -0.25) is 9.59 Å². The Kier molecular flexibility index (Phi) is 57.7. The number of carboxylic acid groups (broad SMARTS) is 3. The van der Waals surface area contributed by atoms with Crippen LogP contribution < -0.4 is 80.4 Å². The predicted molar refractivity (Wildman–Crippen MR) is 109 cm³/mol. The van der Waals surface area contributed by atoms with Crippen molar-refractivity contribution in [3.05, 3.63) is 0 Å². The van der Waals surface area contributed by atoms with E-state index < -0.39 is 17.9 Å². The minimum Gasteiger partial charge on any atom is -0.550 e. The zero-order valence-electron chi connectivity index (χ0n) is 20.5. The van der Waals surface area contributed by atoms with Crippen LogP contribution in [0.2, 0.25) is 0 Å². The molecule has 0 heterocycles. The normalized spacial score (nSPS) is 8.16.